The molecule has 2 aromatic rings. The van der Waals surface area contributed by atoms with Gasteiger partial charge in [-0.25, -0.2) is 0 Å². The van der Waals surface area contributed by atoms with Gasteiger partial charge in [0.1, 0.15) is 12.4 Å². The monoisotopic (exact) mass is 254 g/mol. The number of ketones is 1. The second-order valence-corrected chi connectivity index (χ2v) is 4.77. The first-order chi connectivity index (χ1) is 9.08. The molecule has 0 bridgehead atoms. The Hall–Kier alpha value is -2.09. The summed E-state index contributed by atoms with van der Waals surface area (Å²) in [5.41, 5.74) is 3.98. The van der Waals surface area contributed by atoms with Gasteiger partial charge in [-0.3, -0.25) is 4.79 Å². The topological polar surface area (TPSA) is 26.3 Å². The van der Waals surface area contributed by atoms with Crippen LogP contribution in [0.3, 0.4) is 0 Å². The molecule has 0 fully saturated rings. The van der Waals surface area contributed by atoms with Crippen molar-refractivity contribution < 1.29 is 9.53 Å². The van der Waals surface area contributed by atoms with Crippen LogP contribution >= 0.6 is 0 Å². The summed E-state index contributed by atoms with van der Waals surface area (Å²) < 4.78 is 5.82. The van der Waals surface area contributed by atoms with E-state index in [0.717, 1.165) is 22.4 Å². The Balaban J connectivity index is 2.17. The van der Waals surface area contributed by atoms with Crippen LogP contribution in [0.25, 0.3) is 0 Å². The van der Waals surface area contributed by atoms with Crippen molar-refractivity contribution in [1.82, 2.24) is 0 Å². The highest BCUT2D eigenvalue weighted by Crippen LogP contribution is 2.21. The summed E-state index contributed by atoms with van der Waals surface area (Å²) in [6, 6.07) is 13.7. The molecule has 2 aromatic carbocycles. The van der Waals surface area contributed by atoms with Crippen molar-refractivity contribution in [3.8, 4) is 5.75 Å². The number of ether oxygens (including phenoxy) is 1. The minimum absolute atomic E-state index is 0.0693. The van der Waals surface area contributed by atoms with Gasteiger partial charge >= 0.3 is 0 Å². The van der Waals surface area contributed by atoms with E-state index in [1.807, 2.05) is 43.3 Å². The predicted molar refractivity (Wildman–Crippen MR) is 76.7 cm³/mol. The number of aryl methyl sites for hydroxylation is 2. The van der Waals surface area contributed by atoms with Gasteiger partial charge in [-0.05, 0) is 32.4 Å². The van der Waals surface area contributed by atoms with Crippen molar-refractivity contribution in [2.45, 2.75) is 27.4 Å². The van der Waals surface area contributed by atoms with E-state index in [-0.39, 0.29) is 5.78 Å². The molecule has 98 valence electrons. The van der Waals surface area contributed by atoms with Crippen LogP contribution in [0.15, 0.2) is 42.5 Å². The smallest absolute Gasteiger partial charge is 0.160 e. The van der Waals surface area contributed by atoms with Crippen molar-refractivity contribution >= 4 is 5.78 Å². The van der Waals surface area contributed by atoms with Crippen LogP contribution in [0.5, 0.6) is 5.75 Å². The van der Waals surface area contributed by atoms with E-state index < -0.39 is 0 Å². The van der Waals surface area contributed by atoms with Crippen LogP contribution in [0.2, 0.25) is 0 Å². The standard InChI is InChI=1S/C17H18O2/c1-12-8-9-17(13(2)10-12)19-11-15-6-4-5-7-16(15)14(3)18/h4-10H,11H2,1-3H3. The lowest BCUT2D eigenvalue weighted by Crippen LogP contribution is -2.04. The van der Waals surface area contributed by atoms with Crippen molar-refractivity contribution in [3.05, 3.63) is 64.7 Å². The molecule has 19 heavy (non-hydrogen) atoms. The molecule has 0 atom stereocenters. The van der Waals surface area contributed by atoms with Crippen LogP contribution < -0.4 is 4.74 Å². The van der Waals surface area contributed by atoms with Gasteiger partial charge in [-0.1, -0.05) is 42.0 Å². The summed E-state index contributed by atoms with van der Waals surface area (Å²) in [4.78, 5) is 11.5. The predicted octanol–water partition coefficient (Wildman–Crippen LogP) is 4.09. The Kier molecular flexibility index (Phi) is 4.00. The molecule has 0 aliphatic rings. The molecular weight excluding hydrogens is 236 g/mol. The molecule has 0 radical (unpaired) electrons. The number of benzene rings is 2. The molecule has 0 aromatic heterocycles. The van der Waals surface area contributed by atoms with Crippen LogP contribution in [-0.2, 0) is 6.61 Å². The molecule has 0 amide bonds. The SMILES string of the molecule is CC(=O)c1ccccc1COc1ccc(C)cc1C. The Labute approximate surface area is 114 Å². The average Bonchev–Trinajstić information content (AvgIpc) is 2.38. The number of carbonyl (C=O) groups is 1. The highest BCUT2D eigenvalue weighted by atomic mass is 16.5. The molecule has 0 heterocycles. The van der Waals surface area contributed by atoms with Crippen LogP contribution in [0.1, 0.15) is 34.0 Å². The fraction of sp³-hybridized carbons (Fsp3) is 0.235. The molecule has 0 saturated carbocycles. The van der Waals surface area contributed by atoms with Gasteiger partial charge in [0.05, 0.1) is 0 Å². The molecule has 2 heteroatoms. The van der Waals surface area contributed by atoms with Crippen molar-refractivity contribution in [3.63, 3.8) is 0 Å². The lowest BCUT2D eigenvalue weighted by Gasteiger charge is -2.11. The van der Waals surface area contributed by atoms with Crippen molar-refractivity contribution in [2.75, 3.05) is 0 Å². The van der Waals surface area contributed by atoms with Gasteiger partial charge in [-0.15, -0.1) is 0 Å². The van der Waals surface area contributed by atoms with Crippen molar-refractivity contribution in [1.29, 1.82) is 0 Å². The first kappa shape index (κ1) is 13.3. The third-order valence-corrected chi connectivity index (χ3v) is 3.11. The molecule has 0 N–H and O–H groups in total. The van der Waals surface area contributed by atoms with E-state index in [1.54, 1.807) is 6.92 Å². The maximum absolute atomic E-state index is 11.5. The zero-order valence-corrected chi connectivity index (χ0v) is 11.6. The van der Waals surface area contributed by atoms with E-state index >= 15 is 0 Å². The largest absolute Gasteiger partial charge is 0.489 e. The maximum atomic E-state index is 11.5. The van der Waals surface area contributed by atoms with Gasteiger partial charge in [0.15, 0.2) is 5.78 Å². The Morgan fingerprint density at radius 2 is 1.84 bits per heavy atom. The van der Waals surface area contributed by atoms with E-state index in [2.05, 4.69) is 13.0 Å². The summed E-state index contributed by atoms with van der Waals surface area (Å²) in [6.45, 7) is 6.08. The van der Waals surface area contributed by atoms with Gasteiger partial charge in [0, 0.05) is 11.1 Å². The fourth-order valence-electron chi connectivity index (χ4n) is 2.11. The maximum Gasteiger partial charge on any atom is 0.160 e. The van der Waals surface area contributed by atoms with Crippen LogP contribution in [0, 0.1) is 13.8 Å². The number of carbonyl (C=O) groups excluding carboxylic acids is 1. The molecular formula is C17H18O2. The minimum atomic E-state index is 0.0693. The quantitative estimate of drug-likeness (QED) is 0.768. The van der Waals surface area contributed by atoms with Gasteiger partial charge < -0.3 is 4.74 Å². The summed E-state index contributed by atoms with van der Waals surface area (Å²) in [5.74, 6) is 0.934. The first-order valence-corrected chi connectivity index (χ1v) is 6.37. The van der Waals surface area contributed by atoms with E-state index in [0.29, 0.717) is 6.61 Å². The molecule has 0 unspecified atom stereocenters. The number of Topliss-reactive ketones (excluding diaryl/α,β-unsaturated/α-hetero) is 1. The molecule has 0 aliphatic heterocycles. The Morgan fingerprint density at radius 1 is 1.11 bits per heavy atom. The molecule has 0 aliphatic carbocycles. The lowest BCUT2D eigenvalue weighted by molar-refractivity contribution is 0.101. The highest BCUT2D eigenvalue weighted by Gasteiger charge is 2.07. The molecule has 0 spiro atoms. The summed E-state index contributed by atoms with van der Waals surface area (Å²) in [6.07, 6.45) is 0. The third kappa shape index (κ3) is 3.22. The second-order valence-electron chi connectivity index (χ2n) is 4.77. The van der Waals surface area contributed by atoms with E-state index in [1.165, 1.54) is 5.56 Å². The van der Waals surface area contributed by atoms with Gasteiger partial charge in [0.2, 0.25) is 0 Å². The number of rotatable bonds is 4. The van der Waals surface area contributed by atoms with Crippen LogP contribution in [-0.4, -0.2) is 5.78 Å². The lowest BCUT2D eigenvalue weighted by atomic mass is 10.1. The fourth-order valence-corrected chi connectivity index (χ4v) is 2.11. The van der Waals surface area contributed by atoms with Gasteiger partial charge in [-0.2, -0.15) is 0 Å². The normalized spacial score (nSPS) is 10.3. The summed E-state index contributed by atoms with van der Waals surface area (Å²) in [7, 11) is 0. The zero-order chi connectivity index (χ0) is 13.8. The second kappa shape index (κ2) is 5.70. The van der Waals surface area contributed by atoms with E-state index in [4.69, 9.17) is 4.74 Å². The third-order valence-electron chi connectivity index (χ3n) is 3.11. The van der Waals surface area contributed by atoms with E-state index in [9.17, 15) is 4.79 Å². The highest BCUT2D eigenvalue weighted by molar-refractivity contribution is 5.95. The van der Waals surface area contributed by atoms with Gasteiger partial charge in [0.25, 0.3) is 0 Å². The molecule has 2 rings (SSSR count). The van der Waals surface area contributed by atoms with Crippen molar-refractivity contribution in [2.24, 2.45) is 0 Å². The molecule has 0 saturated heterocycles. The first-order valence-electron chi connectivity index (χ1n) is 6.37. The zero-order valence-electron chi connectivity index (χ0n) is 11.6. The number of hydrogen-bond acceptors (Lipinski definition) is 2. The Bertz CT molecular complexity index is 600. The summed E-state index contributed by atoms with van der Waals surface area (Å²) in [5, 5.41) is 0. The minimum Gasteiger partial charge on any atom is -0.489 e. The summed E-state index contributed by atoms with van der Waals surface area (Å²) >= 11 is 0. The Morgan fingerprint density at radius 3 is 2.53 bits per heavy atom. The average molecular weight is 254 g/mol. The van der Waals surface area contributed by atoms with Crippen LogP contribution in [0.4, 0.5) is 0 Å². The molecule has 2 nitrogen and oxygen atoms in total. The number of hydrogen-bond donors (Lipinski definition) is 0.